The molecule has 2 rings (SSSR count). The second kappa shape index (κ2) is 7.97. The molecule has 0 aliphatic rings. The molecule has 0 saturated heterocycles. The fourth-order valence-electron chi connectivity index (χ4n) is 2.31. The highest BCUT2D eigenvalue weighted by Gasteiger charge is 2.16. The topological polar surface area (TPSA) is 67.4 Å². The van der Waals surface area contributed by atoms with E-state index in [4.69, 9.17) is 16.3 Å². The van der Waals surface area contributed by atoms with E-state index in [1.165, 1.54) is 0 Å². The normalized spacial score (nSPS) is 10.4. The molecule has 2 aromatic rings. The summed E-state index contributed by atoms with van der Waals surface area (Å²) in [5, 5.41) is 3.63. The van der Waals surface area contributed by atoms with Crippen LogP contribution < -0.4 is 10.1 Å². The lowest BCUT2D eigenvalue weighted by atomic mass is 10.3. The molecule has 1 heterocycles. The number of amides is 1. The molecule has 128 valence electrons. The van der Waals surface area contributed by atoms with E-state index in [2.05, 4.69) is 15.3 Å². The van der Waals surface area contributed by atoms with E-state index in [0.717, 1.165) is 0 Å². The third-order valence-electron chi connectivity index (χ3n) is 3.53. The van der Waals surface area contributed by atoms with E-state index in [9.17, 15) is 4.79 Å². The molecule has 0 saturated carbocycles. The summed E-state index contributed by atoms with van der Waals surface area (Å²) < 4.78 is 5.30. The molecule has 1 aromatic heterocycles. The summed E-state index contributed by atoms with van der Waals surface area (Å²) >= 11 is 6.04. The number of aryl methyl sites for hydroxylation is 1. The highest BCUT2D eigenvalue weighted by Crippen LogP contribution is 2.29. The van der Waals surface area contributed by atoms with Crippen molar-refractivity contribution in [1.29, 1.82) is 0 Å². The molecule has 0 bridgehead atoms. The zero-order valence-corrected chi connectivity index (χ0v) is 15.0. The van der Waals surface area contributed by atoms with Crippen LogP contribution in [0.4, 0.5) is 11.6 Å². The van der Waals surface area contributed by atoms with Gasteiger partial charge in [0.25, 0.3) is 5.91 Å². The van der Waals surface area contributed by atoms with Gasteiger partial charge >= 0.3 is 0 Å². The number of hydrogen-bond acceptors (Lipinski definition) is 5. The van der Waals surface area contributed by atoms with Crippen LogP contribution in [0.2, 0.25) is 5.02 Å². The molecule has 7 heteroatoms. The lowest BCUT2D eigenvalue weighted by Crippen LogP contribution is -2.31. The summed E-state index contributed by atoms with van der Waals surface area (Å²) in [5.41, 5.74) is 1.69. The molecular formula is C17H21ClN4O2. The summed E-state index contributed by atoms with van der Waals surface area (Å²) in [6.07, 6.45) is 0. The van der Waals surface area contributed by atoms with Gasteiger partial charge in [-0.1, -0.05) is 11.6 Å². The molecule has 6 nitrogen and oxygen atoms in total. The van der Waals surface area contributed by atoms with Crippen molar-refractivity contribution in [3.63, 3.8) is 0 Å². The van der Waals surface area contributed by atoms with Gasteiger partial charge in [-0.3, -0.25) is 4.79 Å². The fraction of sp³-hybridized carbons (Fsp3) is 0.353. The number of nitrogens with zero attached hydrogens (tertiary/aromatic N) is 3. The van der Waals surface area contributed by atoms with E-state index in [1.807, 2.05) is 20.8 Å². The van der Waals surface area contributed by atoms with Gasteiger partial charge in [0.1, 0.15) is 11.4 Å². The number of methoxy groups -OCH3 is 1. The second-order valence-electron chi connectivity index (χ2n) is 5.17. The van der Waals surface area contributed by atoms with Crippen LogP contribution >= 0.6 is 11.6 Å². The van der Waals surface area contributed by atoms with Crippen molar-refractivity contribution in [3.8, 4) is 5.75 Å². The largest absolute Gasteiger partial charge is 0.495 e. The highest BCUT2D eigenvalue weighted by molar-refractivity contribution is 6.31. The Morgan fingerprint density at radius 1 is 1.25 bits per heavy atom. The Morgan fingerprint density at radius 2 is 1.96 bits per heavy atom. The molecular weight excluding hydrogens is 328 g/mol. The third kappa shape index (κ3) is 4.14. The third-order valence-corrected chi connectivity index (χ3v) is 3.77. The van der Waals surface area contributed by atoms with Crippen molar-refractivity contribution >= 4 is 29.1 Å². The maximum absolute atomic E-state index is 12.5. The minimum absolute atomic E-state index is 0.119. The fourth-order valence-corrected chi connectivity index (χ4v) is 2.48. The molecule has 0 aliphatic heterocycles. The van der Waals surface area contributed by atoms with Crippen LogP contribution in [0.3, 0.4) is 0 Å². The van der Waals surface area contributed by atoms with E-state index in [1.54, 1.807) is 36.3 Å². The van der Waals surface area contributed by atoms with Crippen LogP contribution in [-0.2, 0) is 0 Å². The summed E-state index contributed by atoms with van der Waals surface area (Å²) in [4.78, 5) is 22.9. The number of aromatic nitrogens is 2. The van der Waals surface area contributed by atoms with E-state index >= 15 is 0 Å². The first-order valence-corrected chi connectivity index (χ1v) is 8.11. The Hall–Kier alpha value is -2.34. The Bertz CT molecular complexity index is 733. The Labute approximate surface area is 146 Å². The number of halogens is 1. The summed E-state index contributed by atoms with van der Waals surface area (Å²) in [7, 11) is 1.57. The maximum atomic E-state index is 12.5. The number of ether oxygens (including phenoxy) is 1. The Morgan fingerprint density at radius 3 is 2.58 bits per heavy atom. The van der Waals surface area contributed by atoms with Gasteiger partial charge in [-0.2, -0.15) is 0 Å². The van der Waals surface area contributed by atoms with Gasteiger partial charge in [0.15, 0.2) is 0 Å². The van der Waals surface area contributed by atoms with E-state index < -0.39 is 0 Å². The summed E-state index contributed by atoms with van der Waals surface area (Å²) in [6.45, 7) is 6.95. The predicted molar refractivity (Wildman–Crippen MR) is 95.3 cm³/mol. The Kier molecular flexibility index (Phi) is 5.98. The quantitative estimate of drug-likeness (QED) is 0.862. The number of anilines is 2. The average Bonchev–Trinajstić information content (AvgIpc) is 2.55. The average molecular weight is 349 g/mol. The van der Waals surface area contributed by atoms with Crippen molar-refractivity contribution in [2.75, 3.05) is 25.5 Å². The van der Waals surface area contributed by atoms with Gasteiger partial charge in [-0.05, 0) is 45.0 Å². The molecule has 0 aliphatic carbocycles. The molecule has 1 N–H and O–H groups in total. The van der Waals surface area contributed by atoms with Crippen LogP contribution in [0.15, 0.2) is 24.3 Å². The number of benzene rings is 1. The number of carbonyl (C=O) groups excluding carboxylic acids is 1. The lowest BCUT2D eigenvalue weighted by Gasteiger charge is -2.18. The van der Waals surface area contributed by atoms with Crippen LogP contribution in [0.25, 0.3) is 0 Å². The summed E-state index contributed by atoms with van der Waals surface area (Å²) in [5.74, 6) is 0.818. The molecule has 0 radical (unpaired) electrons. The smallest absolute Gasteiger partial charge is 0.272 e. The van der Waals surface area contributed by atoms with Crippen molar-refractivity contribution in [1.82, 2.24) is 14.9 Å². The molecule has 0 fully saturated rings. The first kappa shape index (κ1) is 18.0. The lowest BCUT2D eigenvalue weighted by molar-refractivity contribution is 0.0767. The van der Waals surface area contributed by atoms with Crippen LogP contribution in [0.1, 0.15) is 30.0 Å². The first-order chi connectivity index (χ1) is 11.5. The molecule has 0 atom stereocenters. The predicted octanol–water partition coefficient (Wildman–Crippen LogP) is 3.67. The standard InChI is InChI=1S/C17H21ClN4O2/c1-5-22(6-2)16(23)14-9-11(3)19-17(21-14)20-13-10-12(18)7-8-15(13)24-4/h7-10H,5-6H2,1-4H3,(H,19,20,21). The minimum Gasteiger partial charge on any atom is -0.495 e. The molecule has 1 aromatic carbocycles. The maximum Gasteiger partial charge on any atom is 0.272 e. The molecule has 1 amide bonds. The van der Waals surface area contributed by atoms with Crippen molar-refractivity contribution < 1.29 is 9.53 Å². The monoisotopic (exact) mass is 348 g/mol. The molecule has 0 unspecified atom stereocenters. The van der Waals surface area contributed by atoms with Crippen molar-refractivity contribution in [2.24, 2.45) is 0 Å². The van der Waals surface area contributed by atoms with Crippen LogP contribution in [-0.4, -0.2) is 41.0 Å². The van der Waals surface area contributed by atoms with Crippen LogP contribution in [0, 0.1) is 6.92 Å². The van der Waals surface area contributed by atoms with Crippen molar-refractivity contribution in [2.45, 2.75) is 20.8 Å². The number of hydrogen-bond donors (Lipinski definition) is 1. The van der Waals surface area contributed by atoms with E-state index in [0.29, 0.717) is 46.9 Å². The highest BCUT2D eigenvalue weighted by atomic mass is 35.5. The zero-order valence-electron chi connectivity index (χ0n) is 14.3. The number of nitrogens with one attached hydrogen (secondary N) is 1. The van der Waals surface area contributed by atoms with Crippen LogP contribution in [0.5, 0.6) is 5.75 Å². The van der Waals surface area contributed by atoms with Gasteiger partial charge in [0, 0.05) is 23.8 Å². The van der Waals surface area contributed by atoms with Gasteiger partial charge < -0.3 is 15.0 Å². The van der Waals surface area contributed by atoms with Crippen molar-refractivity contribution in [3.05, 3.63) is 40.7 Å². The first-order valence-electron chi connectivity index (χ1n) is 7.74. The molecule has 24 heavy (non-hydrogen) atoms. The van der Waals surface area contributed by atoms with Gasteiger partial charge in [-0.15, -0.1) is 0 Å². The SMILES string of the molecule is CCN(CC)C(=O)c1cc(C)nc(Nc2cc(Cl)ccc2OC)n1. The number of carbonyl (C=O) groups is 1. The Balaban J connectivity index is 2.35. The van der Waals surface area contributed by atoms with E-state index in [-0.39, 0.29) is 5.91 Å². The number of rotatable bonds is 6. The minimum atomic E-state index is -0.119. The zero-order chi connectivity index (χ0) is 17.7. The van der Waals surface area contributed by atoms with Gasteiger partial charge in [0.2, 0.25) is 5.95 Å². The van der Waals surface area contributed by atoms with Gasteiger partial charge in [0.05, 0.1) is 12.8 Å². The summed E-state index contributed by atoms with van der Waals surface area (Å²) in [6, 6.07) is 6.89. The molecule has 0 spiro atoms. The van der Waals surface area contributed by atoms with Gasteiger partial charge in [-0.25, -0.2) is 9.97 Å². The second-order valence-corrected chi connectivity index (χ2v) is 5.60.